The molecular formula is C14H18N2O3. The van der Waals surface area contributed by atoms with E-state index in [1.165, 1.54) is 4.90 Å². The number of carbonyl (C=O) groups excluding carboxylic acids is 2. The fourth-order valence-corrected chi connectivity index (χ4v) is 2.03. The second-order valence-electron chi connectivity index (χ2n) is 4.56. The van der Waals surface area contributed by atoms with Crippen molar-refractivity contribution in [2.75, 3.05) is 18.9 Å². The standard InChI is InChI=1S/C14H18N2O3/c15-11-5-7-12(8-6-11)19-10-9-16-13(17)3-1-2-4-14(16)18/h5-8H,1-4,9-10,15H2. The van der Waals surface area contributed by atoms with Gasteiger partial charge in [0.2, 0.25) is 11.8 Å². The van der Waals surface area contributed by atoms with Crippen molar-refractivity contribution in [3.05, 3.63) is 24.3 Å². The van der Waals surface area contributed by atoms with Crippen LogP contribution in [-0.4, -0.2) is 29.9 Å². The van der Waals surface area contributed by atoms with Crippen LogP contribution in [0.4, 0.5) is 5.69 Å². The van der Waals surface area contributed by atoms with E-state index < -0.39 is 0 Å². The number of rotatable bonds is 4. The third-order valence-corrected chi connectivity index (χ3v) is 3.10. The van der Waals surface area contributed by atoms with Gasteiger partial charge in [0, 0.05) is 18.5 Å². The molecule has 5 heteroatoms. The highest BCUT2D eigenvalue weighted by molar-refractivity contribution is 5.95. The van der Waals surface area contributed by atoms with E-state index in [1.807, 2.05) is 0 Å². The number of anilines is 1. The topological polar surface area (TPSA) is 72.6 Å². The van der Waals surface area contributed by atoms with Crippen LogP contribution in [0.15, 0.2) is 24.3 Å². The molecule has 1 aromatic rings. The summed E-state index contributed by atoms with van der Waals surface area (Å²) in [4.78, 5) is 24.8. The van der Waals surface area contributed by atoms with Crippen molar-refractivity contribution >= 4 is 17.5 Å². The van der Waals surface area contributed by atoms with E-state index in [2.05, 4.69) is 0 Å². The number of benzene rings is 1. The molecule has 2 amide bonds. The molecule has 1 aliphatic heterocycles. The lowest BCUT2D eigenvalue weighted by Crippen LogP contribution is -2.38. The Labute approximate surface area is 112 Å². The summed E-state index contributed by atoms with van der Waals surface area (Å²) in [5, 5.41) is 0. The number of ether oxygens (including phenoxy) is 1. The monoisotopic (exact) mass is 262 g/mol. The van der Waals surface area contributed by atoms with Gasteiger partial charge in [-0.05, 0) is 37.1 Å². The molecule has 0 saturated carbocycles. The van der Waals surface area contributed by atoms with E-state index in [4.69, 9.17) is 10.5 Å². The molecule has 0 aromatic heterocycles. The summed E-state index contributed by atoms with van der Waals surface area (Å²) >= 11 is 0. The fraction of sp³-hybridized carbons (Fsp3) is 0.429. The van der Waals surface area contributed by atoms with Gasteiger partial charge in [-0.3, -0.25) is 14.5 Å². The Morgan fingerprint density at radius 2 is 1.63 bits per heavy atom. The van der Waals surface area contributed by atoms with Crippen molar-refractivity contribution in [1.82, 2.24) is 4.90 Å². The largest absolute Gasteiger partial charge is 0.492 e. The van der Waals surface area contributed by atoms with Crippen molar-refractivity contribution in [1.29, 1.82) is 0 Å². The predicted molar refractivity (Wildman–Crippen MR) is 71.5 cm³/mol. The van der Waals surface area contributed by atoms with Crippen molar-refractivity contribution in [3.63, 3.8) is 0 Å². The van der Waals surface area contributed by atoms with Crippen LogP contribution in [-0.2, 0) is 9.59 Å². The molecule has 19 heavy (non-hydrogen) atoms. The molecule has 0 atom stereocenters. The summed E-state index contributed by atoms with van der Waals surface area (Å²) in [6, 6.07) is 7.03. The molecule has 0 spiro atoms. The minimum Gasteiger partial charge on any atom is -0.492 e. The van der Waals surface area contributed by atoms with E-state index in [0.717, 1.165) is 12.8 Å². The highest BCUT2D eigenvalue weighted by Gasteiger charge is 2.23. The maximum Gasteiger partial charge on any atom is 0.229 e. The quantitative estimate of drug-likeness (QED) is 0.660. The summed E-state index contributed by atoms with van der Waals surface area (Å²) in [7, 11) is 0. The average Bonchev–Trinajstić information content (AvgIpc) is 2.55. The Kier molecular flexibility index (Phi) is 4.39. The van der Waals surface area contributed by atoms with Gasteiger partial charge in [-0.25, -0.2) is 0 Å². The number of nitrogen functional groups attached to an aromatic ring is 1. The second-order valence-corrected chi connectivity index (χ2v) is 4.56. The molecule has 1 aliphatic rings. The van der Waals surface area contributed by atoms with E-state index >= 15 is 0 Å². The lowest BCUT2D eigenvalue weighted by Gasteiger charge is -2.18. The first-order valence-corrected chi connectivity index (χ1v) is 6.48. The highest BCUT2D eigenvalue weighted by atomic mass is 16.5. The SMILES string of the molecule is Nc1ccc(OCCN2C(=O)CCCCC2=O)cc1. The van der Waals surface area contributed by atoms with E-state index in [-0.39, 0.29) is 11.8 Å². The Morgan fingerprint density at radius 3 is 2.21 bits per heavy atom. The zero-order valence-electron chi connectivity index (χ0n) is 10.8. The molecule has 2 rings (SSSR count). The normalized spacial score (nSPS) is 16.3. The lowest BCUT2D eigenvalue weighted by atomic mass is 10.2. The number of hydrogen-bond acceptors (Lipinski definition) is 4. The van der Waals surface area contributed by atoms with E-state index in [0.29, 0.717) is 37.4 Å². The van der Waals surface area contributed by atoms with Crippen LogP contribution in [0.1, 0.15) is 25.7 Å². The number of likely N-dealkylation sites (tertiary alicyclic amines) is 1. The fourth-order valence-electron chi connectivity index (χ4n) is 2.03. The van der Waals surface area contributed by atoms with Crippen LogP contribution < -0.4 is 10.5 Å². The van der Waals surface area contributed by atoms with Crippen LogP contribution >= 0.6 is 0 Å². The van der Waals surface area contributed by atoms with Crippen molar-refractivity contribution in [3.8, 4) is 5.75 Å². The minimum absolute atomic E-state index is 0.0941. The summed E-state index contributed by atoms with van der Waals surface area (Å²) in [6.07, 6.45) is 2.49. The van der Waals surface area contributed by atoms with Gasteiger partial charge < -0.3 is 10.5 Å². The van der Waals surface area contributed by atoms with Gasteiger partial charge in [-0.15, -0.1) is 0 Å². The lowest BCUT2D eigenvalue weighted by molar-refractivity contribution is -0.144. The second kappa shape index (κ2) is 6.22. The van der Waals surface area contributed by atoms with Crippen LogP contribution in [0.5, 0.6) is 5.75 Å². The zero-order valence-corrected chi connectivity index (χ0v) is 10.8. The smallest absolute Gasteiger partial charge is 0.229 e. The third kappa shape index (κ3) is 3.71. The van der Waals surface area contributed by atoms with Crippen molar-refractivity contribution < 1.29 is 14.3 Å². The first kappa shape index (κ1) is 13.4. The molecule has 0 bridgehead atoms. The molecule has 102 valence electrons. The summed E-state index contributed by atoms with van der Waals surface area (Å²) in [5.74, 6) is 0.496. The number of hydrogen-bond donors (Lipinski definition) is 1. The van der Waals surface area contributed by atoms with Crippen molar-refractivity contribution in [2.45, 2.75) is 25.7 Å². The molecular weight excluding hydrogens is 244 g/mol. The highest BCUT2D eigenvalue weighted by Crippen LogP contribution is 2.15. The minimum atomic E-state index is -0.0941. The molecule has 2 N–H and O–H groups in total. The Bertz CT molecular complexity index is 438. The third-order valence-electron chi connectivity index (χ3n) is 3.10. The maximum absolute atomic E-state index is 11.7. The Hall–Kier alpha value is -2.04. The van der Waals surface area contributed by atoms with Gasteiger partial charge in [0.25, 0.3) is 0 Å². The number of amides is 2. The average molecular weight is 262 g/mol. The van der Waals surface area contributed by atoms with Gasteiger partial charge in [0.05, 0.1) is 6.54 Å². The number of nitrogens with zero attached hydrogens (tertiary/aromatic N) is 1. The molecule has 0 unspecified atom stereocenters. The summed E-state index contributed by atoms with van der Waals surface area (Å²) in [6.45, 7) is 0.615. The molecule has 1 fully saturated rings. The van der Waals surface area contributed by atoms with Crippen molar-refractivity contribution in [2.24, 2.45) is 0 Å². The first-order valence-electron chi connectivity index (χ1n) is 6.48. The molecule has 1 aromatic carbocycles. The van der Waals surface area contributed by atoms with E-state index in [9.17, 15) is 9.59 Å². The van der Waals surface area contributed by atoms with Gasteiger partial charge in [-0.2, -0.15) is 0 Å². The molecule has 0 radical (unpaired) electrons. The van der Waals surface area contributed by atoms with Crippen LogP contribution in [0, 0.1) is 0 Å². The Balaban J connectivity index is 1.85. The van der Waals surface area contributed by atoms with E-state index in [1.54, 1.807) is 24.3 Å². The Morgan fingerprint density at radius 1 is 1.05 bits per heavy atom. The summed E-state index contributed by atoms with van der Waals surface area (Å²) < 4.78 is 5.50. The van der Waals surface area contributed by atoms with Gasteiger partial charge in [0.1, 0.15) is 12.4 Å². The molecule has 5 nitrogen and oxygen atoms in total. The molecule has 0 aliphatic carbocycles. The molecule has 1 saturated heterocycles. The summed E-state index contributed by atoms with van der Waals surface area (Å²) in [5.41, 5.74) is 6.24. The number of carbonyl (C=O) groups is 2. The van der Waals surface area contributed by atoms with Gasteiger partial charge in [0.15, 0.2) is 0 Å². The maximum atomic E-state index is 11.7. The van der Waals surface area contributed by atoms with Gasteiger partial charge >= 0.3 is 0 Å². The first-order chi connectivity index (χ1) is 9.16. The van der Waals surface area contributed by atoms with Crippen LogP contribution in [0.2, 0.25) is 0 Å². The molecule has 1 heterocycles. The zero-order chi connectivity index (χ0) is 13.7. The number of nitrogens with two attached hydrogens (primary N) is 1. The van der Waals surface area contributed by atoms with Crippen LogP contribution in [0.25, 0.3) is 0 Å². The van der Waals surface area contributed by atoms with Crippen LogP contribution in [0.3, 0.4) is 0 Å². The predicted octanol–water partition coefficient (Wildman–Crippen LogP) is 1.58. The number of imide groups is 1. The van der Waals surface area contributed by atoms with Gasteiger partial charge in [-0.1, -0.05) is 0 Å².